The highest BCUT2D eigenvalue weighted by molar-refractivity contribution is 7.99. The van der Waals surface area contributed by atoms with Gasteiger partial charge in [-0.25, -0.2) is 9.50 Å². The third-order valence-electron chi connectivity index (χ3n) is 4.05. The molecule has 0 saturated heterocycles. The Morgan fingerprint density at radius 3 is 2.63 bits per heavy atom. The van der Waals surface area contributed by atoms with Gasteiger partial charge in [-0.3, -0.25) is 4.79 Å². The number of thioether (sulfide) groups is 1. The molecule has 136 valence electrons. The average molecular weight is 377 g/mol. The molecule has 3 rings (SSSR count). The van der Waals surface area contributed by atoms with Crippen molar-refractivity contribution in [2.45, 2.75) is 25.9 Å². The number of Topliss-reactive ketones (excluding diaryl/α,β-unsaturated/α-hetero) is 1. The van der Waals surface area contributed by atoms with E-state index in [2.05, 4.69) is 5.10 Å². The number of nitrogens with zero attached hydrogens (tertiary/aromatic N) is 4. The number of benzene rings is 1. The van der Waals surface area contributed by atoms with Gasteiger partial charge in [-0.1, -0.05) is 42.1 Å². The number of aromatic nitrogens is 3. The molecule has 0 radical (unpaired) electrons. The van der Waals surface area contributed by atoms with Crippen LogP contribution in [-0.4, -0.2) is 26.1 Å². The van der Waals surface area contributed by atoms with Gasteiger partial charge in [-0.15, -0.1) is 0 Å². The van der Waals surface area contributed by atoms with Crippen LogP contribution in [0.15, 0.2) is 52.8 Å². The van der Waals surface area contributed by atoms with Crippen LogP contribution in [0.5, 0.6) is 0 Å². The number of ketones is 1. The van der Waals surface area contributed by atoms with E-state index in [1.165, 1.54) is 11.8 Å². The van der Waals surface area contributed by atoms with E-state index in [-0.39, 0.29) is 22.8 Å². The summed E-state index contributed by atoms with van der Waals surface area (Å²) < 4.78 is 1.77. The smallest absolute Gasteiger partial charge is 0.190 e. The van der Waals surface area contributed by atoms with Gasteiger partial charge >= 0.3 is 0 Å². The SMILES string of the molecule is CC(N)=C(C#N)C(=O)CSc1nc(-c2ccccc2)c2c(C)cc(C)nn12. The number of rotatable bonds is 5. The number of imidazole rings is 1. The minimum atomic E-state index is -0.315. The number of fused-ring (bicyclic) bond motifs is 1. The van der Waals surface area contributed by atoms with Crippen molar-refractivity contribution in [3.8, 4) is 17.3 Å². The first-order chi connectivity index (χ1) is 12.9. The fourth-order valence-corrected chi connectivity index (χ4v) is 3.68. The van der Waals surface area contributed by atoms with Gasteiger partial charge in [0.05, 0.1) is 22.7 Å². The number of hydrogen-bond donors (Lipinski definition) is 1. The van der Waals surface area contributed by atoms with Crippen LogP contribution in [-0.2, 0) is 4.79 Å². The average Bonchev–Trinajstić information content (AvgIpc) is 3.00. The second kappa shape index (κ2) is 7.64. The highest BCUT2D eigenvalue weighted by Crippen LogP contribution is 2.31. The van der Waals surface area contributed by atoms with E-state index >= 15 is 0 Å². The van der Waals surface area contributed by atoms with Crippen molar-refractivity contribution in [3.05, 3.63) is 58.9 Å². The lowest BCUT2D eigenvalue weighted by molar-refractivity contribution is -0.112. The van der Waals surface area contributed by atoms with Crippen LogP contribution < -0.4 is 5.73 Å². The third kappa shape index (κ3) is 3.71. The quantitative estimate of drug-likeness (QED) is 0.416. The lowest BCUT2D eigenvalue weighted by atomic mass is 10.1. The standard InChI is InChI=1S/C20H19N5OS/c1-12-9-13(2)24-25-19(12)18(15-7-5-4-6-8-15)23-20(25)27-11-17(26)16(10-21)14(3)22/h4-9H,11,22H2,1-3H3. The second-order valence-corrected chi connectivity index (χ2v) is 7.16. The third-order valence-corrected chi connectivity index (χ3v) is 4.97. The molecule has 0 fully saturated rings. The first-order valence-electron chi connectivity index (χ1n) is 8.37. The Balaban J connectivity index is 2.05. The van der Waals surface area contributed by atoms with Gasteiger partial charge in [0.25, 0.3) is 0 Å². The number of aryl methyl sites for hydroxylation is 2. The van der Waals surface area contributed by atoms with E-state index < -0.39 is 0 Å². The summed E-state index contributed by atoms with van der Waals surface area (Å²) in [7, 11) is 0. The predicted octanol–water partition coefficient (Wildman–Crippen LogP) is 3.43. The monoisotopic (exact) mass is 377 g/mol. The topological polar surface area (TPSA) is 97.1 Å². The normalized spacial score (nSPS) is 11.9. The molecule has 0 bridgehead atoms. The molecule has 7 heteroatoms. The fourth-order valence-electron chi connectivity index (χ4n) is 2.87. The Hall–Kier alpha value is -3.11. The van der Waals surface area contributed by atoms with Crippen molar-refractivity contribution in [1.82, 2.24) is 14.6 Å². The van der Waals surface area contributed by atoms with Gasteiger partial charge in [-0.2, -0.15) is 10.4 Å². The largest absolute Gasteiger partial charge is 0.401 e. The van der Waals surface area contributed by atoms with Crippen LogP contribution in [0.4, 0.5) is 0 Å². The van der Waals surface area contributed by atoms with Crippen molar-refractivity contribution in [1.29, 1.82) is 5.26 Å². The number of carbonyl (C=O) groups is 1. The summed E-state index contributed by atoms with van der Waals surface area (Å²) in [5, 5.41) is 14.3. The minimum Gasteiger partial charge on any atom is -0.401 e. The molecule has 2 N–H and O–H groups in total. The van der Waals surface area contributed by atoms with Crippen LogP contribution >= 0.6 is 11.8 Å². The van der Waals surface area contributed by atoms with Gasteiger partial charge in [-0.05, 0) is 32.4 Å². The summed E-state index contributed by atoms with van der Waals surface area (Å²) in [6.07, 6.45) is 0. The van der Waals surface area contributed by atoms with Gasteiger partial charge in [0, 0.05) is 11.3 Å². The molecule has 0 aliphatic rings. The van der Waals surface area contributed by atoms with Crippen molar-refractivity contribution >= 4 is 23.1 Å². The van der Waals surface area contributed by atoms with E-state index in [0.29, 0.717) is 5.16 Å². The molecular formula is C20H19N5OS. The van der Waals surface area contributed by atoms with E-state index in [1.54, 1.807) is 11.4 Å². The van der Waals surface area contributed by atoms with E-state index in [4.69, 9.17) is 16.0 Å². The molecular weight excluding hydrogens is 358 g/mol. The summed E-state index contributed by atoms with van der Waals surface area (Å²) >= 11 is 1.25. The van der Waals surface area contributed by atoms with Gasteiger partial charge in [0.1, 0.15) is 11.6 Å². The first-order valence-corrected chi connectivity index (χ1v) is 9.35. The zero-order valence-electron chi connectivity index (χ0n) is 15.4. The molecule has 0 saturated carbocycles. The van der Waals surface area contributed by atoms with E-state index in [1.807, 2.05) is 56.3 Å². The molecule has 0 atom stereocenters. The molecule has 0 spiro atoms. The maximum atomic E-state index is 12.3. The number of carbonyl (C=O) groups excluding carboxylic acids is 1. The van der Waals surface area contributed by atoms with Crippen LogP contribution in [0.25, 0.3) is 16.8 Å². The fraction of sp³-hybridized carbons (Fsp3) is 0.200. The van der Waals surface area contributed by atoms with E-state index in [9.17, 15) is 4.79 Å². The zero-order chi connectivity index (χ0) is 19.6. The predicted molar refractivity (Wildman–Crippen MR) is 106 cm³/mol. The molecule has 0 aliphatic carbocycles. The summed E-state index contributed by atoms with van der Waals surface area (Å²) in [4.78, 5) is 17.0. The van der Waals surface area contributed by atoms with Crippen molar-refractivity contribution < 1.29 is 4.79 Å². The van der Waals surface area contributed by atoms with Gasteiger partial charge in [0.2, 0.25) is 0 Å². The molecule has 0 aliphatic heterocycles. The van der Waals surface area contributed by atoms with Crippen molar-refractivity contribution in [2.24, 2.45) is 5.73 Å². The number of hydrogen-bond acceptors (Lipinski definition) is 6. The molecule has 0 amide bonds. The highest BCUT2D eigenvalue weighted by atomic mass is 32.2. The molecule has 27 heavy (non-hydrogen) atoms. The lowest BCUT2D eigenvalue weighted by Gasteiger charge is -2.04. The van der Waals surface area contributed by atoms with Gasteiger partial charge < -0.3 is 5.73 Å². The number of allylic oxidation sites excluding steroid dienone is 2. The van der Waals surface area contributed by atoms with Crippen LogP contribution in [0.1, 0.15) is 18.2 Å². The van der Waals surface area contributed by atoms with Crippen LogP contribution in [0.3, 0.4) is 0 Å². The maximum absolute atomic E-state index is 12.3. The molecule has 0 unspecified atom stereocenters. The summed E-state index contributed by atoms with van der Waals surface area (Å²) in [6, 6.07) is 13.8. The molecule has 6 nitrogen and oxygen atoms in total. The molecule has 3 aromatic rings. The first kappa shape index (κ1) is 18.7. The minimum absolute atomic E-state index is 0.00744. The van der Waals surface area contributed by atoms with Crippen molar-refractivity contribution in [2.75, 3.05) is 5.75 Å². The second-order valence-electron chi connectivity index (χ2n) is 6.22. The lowest BCUT2D eigenvalue weighted by Crippen LogP contribution is -2.10. The van der Waals surface area contributed by atoms with Crippen molar-refractivity contribution in [3.63, 3.8) is 0 Å². The molecule has 2 aromatic heterocycles. The number of nitriles is 1. The van der Waals surface area contributed by atoms with Gasteiger partial charge in [0.15, 0.2) is 10.9 Å². The molecule has 2 heterocycles. The summed E-state index contributed by atoms with van der Waals surface area (Å²) in [6.45, 7) is 5.49. The Kier molecular flexibility index (Phi) is 5.28. The van der Waals surface area contributed by atoms with Crippen LogP contribution in [0, 0.1) is 25.2 Å². The highest BCUT2D eigenvalue weighted by Gasteiger charge is 2.19. The van der Waals surface area contributed by atoms with E-state index in [0.717, 1.165) is 28.0 Å². The Morgan fingerprint density at radius 2 is 2.00 bits per heavy atom. The Labute approximate surface area is 161 Å². The molecule has 1 aromatic carbocycles. The zero-order valence-corrected chi connectivity index (χ0v) is 16.2. The summed E-state index contributed by atoms with van der Waals surface area (Å²) in [5.41, 5.74) is 10.5. The summed E-state index contributed by atoms with van der Waals surface area (Å²) in [5.74, 6) is -0.246. The maximum Gasteiger partial charge on any atom is 0.190 e. The number of nitrogens with two attached hydrogens (primary N) is 1. The Bertz CT molecular complexity index is 1090. The van der Waals surface area contributed by atoms with Crippen LogP contribution in [0.2, 0.25) is 0 Å². The Morgan fingerprint density at radius 1 is 1.30 bits per heavy atom.